The summed E-state index contributed by atoms with van der Waals surface area (Å²) in [6.07, 6.45) is 1.78. The average molecular weight is 303 g/mol. The van der Waals surface area contributed by atoms with E-state index in [9.17, 15) is 13.5 Å². The molecule has 1 aromatic heterocycles. The summed E-state index contributed by atoms with van der Waals surface area (Å²) in [6, 6.07) is 0. The minimum atomic E-state index is -3.68. The van der Waals surface area contributed by atoms with E-state index in [1.165, 1.54) is 11.4 Å². The first kappa shape index (κ1) is 15.5. The maximum absolute atomic E-state index is 12.6. The largest absolute Gasteiger partial charge is 0.465 e. The van der Waals surface area contributed by atoms with E-state index < -0.39 is 10.0 Å². The van der Waals surface area contributed by atoms with Gasteiger partial charge >= 0.3 is 0 Å². The number of rotatable bonds is 5. The molecular formula is C13H21NO5S. The molecule has 0 aliphatic carbocycles. The minimum Gasteiger partial charge on any atom is -0.465 e. The Morgan fingerprint density at radius 2 is 2.05 bits per heavy atom. The number of aliphatic hydroxyl groups is 1. The van der Waals surface area contributed by atoms with Crippen LogP contribution in [-0.4, -0.2) is 44.1 Å². The highest BCUT2D eigenvalue weighted by Crippen LogP contribution is 2.29. The van der Waals surface area contributed by atoms with Gasteiger partial charge in [-0.25, -0.2) is 8.42 Å². The molecule has 0 radical (unpaired) electrons. The van der Waals surface area contributed by atoms with Crippen LogP contribution in [0.5, 0.6) is 0 Å². The van der Waals surface area contributed by atoms with Crippen LogP contribution in [-0.2, 0) is 21.4 Å². The molecule has 1 fully saturated rings. The van der Waals surface area contributed by atoms with Crippen LogP contribution >= 0.6 is 0 Å². The zero-order valence-electron chi connectivity index (χ0n) is 12.0. The Balaban J connectivity index is 2.29. The molecule has 0 amide bonds. The van der Waals surface area contributed by atoms with Crippen LogP contribution in [0.4, 0.5) is 0 Å². The van der Waals surface area contributed by atoms with Crippen molar-refractivity contribution in [3.63, 3.8) is 0 Å². The first-order valence-electron chi connectivity index (χ1n) is 6.65. The number of nitrogens with zero attached hydrogens (tertiary/aromatic N) is 1. The Morgan fingerprint density at radius 1 is 1.35 bits per heavy atom. The Morgan fingerprint density at radius 3 is 2.60 bits per heavy atom. The minimum absolute atomic E-state index is 0.0549. The highest BCUT2D eigenvalue weighted by atomic mass is 32.2. The van der Waals surface area contributed by atoms with Gasteiger partial charge in [-0.05, 0) is 26.7 Å². The summed E-state index contributed by atoms with van der Waals surface area (Å²) >= 11 is 0. The van der Waals surface area contributed by atoms with Crippen molar-refractivity contribution in [1.29, 1.82) is 0 Å². The highest BCUT2D eigenvalue weighted by molar-refractivity contribution is 7.89. The zero-order valence-corrected chi connectivity index (χ0v) is 12.9. The van der Waals surface area contributed by atoms with Gasteiger partial charge < -0.3 is 14.3 Å². The van der Waals surface area contributed by atoms with Gasteiger partial charge in [-0.3, -0.25) is 0 Å². The van der Waals surface area contributed by atoms with Crippen molar-refractivity contribution in [2.75, 3.05) is 20.2 Å². The summed E-state index contributed by atoms with van der Waals surface area (Å²) in [4.78, 5) is 0.0815. The van der Waals surface area contributed by atoms with Crippen LogP contribution < -0.4 is 0 Å². The molecule has 1 unspecified atom stereocenters. The van der Waals surface area contributed by atoms with Gasteiger partial charge in [0.1, 0.15) is 16.4 Å². The van der Waals surface area contributed by atoms with E-state index in [0.717, 1.165) is 12.8 Å². The Labute approximate surface area is 119 Å². The van der Waals surface area contributed by atoms with Gasteiger partial charge in [0, 0.05) is 25.8 Å². The first-order valence-corrected chi connectivity index (χ1v) is 8.09. The van der Waals surface area contributed by atoms with E-state index in [2.05, 4.69) is 0 Å². The first-order chi connectivity index (χ1) is 9.37. The summed E-state index contributed by atoms with van der Waals surface area (Å²) in [6.45, 7) is 3.89. The molecule has 2 heterocycles. The predicted molar refractivity (Wildman–Crippen MR) is 72.9 cm³/mol. The molecule has 6 nitrogen and oxygen atoms in total. The smallest absolute Gasteiger partial charge is 0.246 e. The number of hydrogen-bond acceptors (Lipinski definition) is 5. The highest BCUT2D eigenvalue weighted by Gasteiger charge is 2.32. The molecule has 7 heteroatoms. The van der Waals surface area contributed by atoms with E-state index in [-0.39, 0.29) is 17.6 Å². The van der Waals surface area contributed by atoms with Gasteiger partial charge in [-0.15, -0.1) is 0 Å². The lowest BCUT2D eigenvalue weighted by atomic mass is 10.2. The maximum Gasteiger partial charge on any atom is 0.246 e. The van der Waals surface area contributed by atoms with E-state index in [4.69, 9.17) is 9.15 Å². The zero-order chi connectivity index (χ0) is 14.9. The summed E-state index contributed by atoms with van der Waals surface area (Å²) in [7, 11) is -2.15. The fourth-order valence-corrected chi connectivity index (χ4v) is 4.16. The number of ether oxygens (including phenoxy) is 1. The van der Waals surface area contributed by atoms with E-state index in [0.29, 0.717) is 30.2 Å². The van der Waals surface area contributed by atoms with Crippen molar-refractivity contribution in [2.24, 2.45) is 0 Å². The third kappa shape index (κ3) is 2.76. The van der Waals surface area contributed by atoms with E-state index in [1.807, 2.05) is 0 Å². The molecule has 0 spiro atoms. The number of furan rings is 1. The molecule has 1 saturated heterocycles. The normalized spacial score (nSPS) is 19.9. The fraction of sp³-hybridized carbons (Fsp3) is 0.692. The number of aryl methyl sites for hydroxylation is 2. The summed E-state index contributed by atoms with van der Waals surface area (Å²) in [5, 5.41) is 9.37. The van der Waals surface area contributed by atoms with Crippen LogP contribution in [0.2, 0.25) is 0 Å². The standard InChI is InChI=1S/C13H21NO5S/c1-9-12(8-15)13(10(2)19-9)20(16,17)14(3)7-11-5-4-6-18-11/h11,15H,4-8H2,1-3H3. The van der Waals surface area contributed by atoms with Crippen LogP contribution in [0.15, 0.2) is 9.31 Å². The SMILES string of the molecule is Cc1oc(C)c(S(=O)(=O)N(C)CC2CCCO2)c1CO. The molecule has 1 N–H and O–H groups in total. The van der Waals surface area contributed by atoms with Gasteiger partial charge in [-0.1, -0.05) is 0 Å². The van der Waals surface area contributed by atoms with Gasteiger partial charge in [0.15, 0.2) is 0 Å². The molecule has 20 heavy (non-hydrogen) atoms. The number of sulfonamides is 1. The summed E-state index contributed by atoms with van der Waals surface area (Å²) in [5.41, 5.74) is 0.335. The molecular weight excluding hydrogens is 282 g/mol. The second-order valence-electron chi connectivity index (χ2n) is 5.10. The molecule has 0 saturated carbocycles. The van der Waals surface area contributed by atoms with Crippen LogP contribution in [0, 0.1) is 13.8 Å². The number of likely N-dealkylation sites (N-methyl/N-ethyl adjacent to an activating group) is 1. The topological polar surface area (TPSA) is 80.0 Å². The van der Waals surface area contributed by atoms with Crippen LogP contribution in [0.3, 0.4) is 0 Å². The molecule has 0 aromatic carbocycles. The van der Waals surface area contributed by atoms with Crippen molar-refractivity contribution < 1.29 is 22.7 Å². The molecule has 0 bridgehead atoms. The van der Waals surface area contributed by atoms with Gasteiger partial charge in [0.25, 0.3) is 0 Å². The second-order valence-corrected chi connectivity index (χ2v) is 7.08. The number of hydrogen-bond donors (Lipinski definition) is 1. The molecule has 1 aliphatic heterocycles. The van der Waals surface area contributed by atoms with Crippen molar-refractivity contribution >= 4 is 10.0 Å². The van der Waals surface area contributed by atoms with Crippen LogP contribution in [0.1, 0.15) is 29.9 Å². The lowest BCUT2D eigenvalue weighted by Gasteiger charge is -2.20. The molecule has 114 valence electrons. The van der Waals surface area contributed by atoms with E-state index in [1.54, 1.807) is 13.8 Å². The van der Waals surface area contributed by atoms with Crippen LogP contribution in [0.25, 0.3) is 0 Å². The molecule has 1 aliphatic rings. The Bertz CT molecular complexity index is 572. The third-order valence-electron chi connectivity index (χ3n) is 3.64. The molecule has 1 aromatic rings. The summed E-state index contributed by atoms with van der Waals surface area (Å²) in [5.74, 6) is 0.750. The van der Waals surface area contributed by atoms with Gasteiger partial charge in [-0.2, -0.15) is 4.31 Å². The number of aliphatic hydroxyl groups excluding tert-OH is 1. The summed E-state index contributed by atoms with van der Waals surface area (Å²) < 4.78 is 37.4. The lowest BCUT2D eigenvalue weighted by Crippen LogP contribution is -2.34. The van der Waals surface area contributed by atoms with Crippen molar-refractivity contribution in [3.8, 4) is 0 Å². The quantitative estimate of drug-likeness (QED) is 0.884. The van der Waals surface area contributed by atoms with E-state index >= 15 is 0 Å². The maximum atomic E-state index is 12.6. The fourth-order valence-electron chi connectivity index (χ4n) is 2.56. The Hall–Kier alpha value is -0.890. The third-order valence-corrected chi connectivity index (χ3v) is 5.66. The van der Waals surface area contributed by atoms with Crippen molar-refractivity contribution in [3.05, 3.63) is 17.1 Å². The van der Waals surface area contributed by atoms with Crippen molar-refractivity contribution in [2.45, 2.75) is 44.3 Å². The van der Waals surface area contributed by atoms with Gasteiger partial charge in [0.05, 0.1) is 12.7 Å². The predicted octanol–water partition coefficient (Wildman–Crippen LogP) is 1.19. The molecule has 1 atom stereocenters. The molecule has 2 rings (SSSR count). The second kappa shape index (κ2) is 5.85. The Kier molecular flexibility index (Phi) is 4.53. The lowest BCUT2D eigenvalue weighted by molar-refractivity contribution is 0.0978. The van der Waals surface area contributed by atoms with Gasteiger partial charge in [0.2, 0.25) is 10.0 Å². The average Bonchev–Trinajstić information content (AvgIpc) is 2.96. The monoisotopic (exact) mass is 303 g/mol. The van der Waals surface area contributed by atoms with Crippen molar-refractivity contribution in [1.82, 2.24) is 4.31 Å².